The van der Waals surface area contributed by atoms with Gasteiger partial charge in [-0.25, -0.2) is 8.78 Å². The molecule has 0 aliphatic heterocycles. The normalized spacial score (nSPS) is 11.6. The molecule has 150 valence electrons. The van der Waals surface area contributed by atoms with E-state index in [4.69, 9.17) is 4.42 Å². The second kappa shape index (κ2) is 6.91. The van der Waals surface area contributed by atoms with Crippen LogP contribution in [-0.4, -0.2) is 14.3 Å². The molecule has 0 aliphatic rings. The molecule has 0 unspecified atom stereocenters. The molecular weight excluding hydrogens is 456 g/mol. The van der Waals surface area contributed by atoms with Gasteiger partial charge in [0.1, 0.15) is 11.6 Å². The van der Waals surface area contributed by atoms with Crippen LogP contribution in [0.2, 0.25) is 0 Å². The second-order valence-corrected chi connectivity index (χ2v) is 7.89. The molecule has 3 heterocycles. The van der Waals surface area contributed by atoms with Crippen molar-refractivity contribution in [1.82, 2.24) is 14.3 Å². The fourth-order valence-corrected chi connectivity index (χ4v) is 4.24. The summed E-state index contributed by atoms with van der Waals surface area (Å²) in [4.78, 5) is 12.6. The maximum atomic E-state index is 15.0. The summed E-state index contributed by atoms with van der Waals surface area (Å²) in [5.74, 6) is -1.44. The zero-order chi connectivity index (χ0) is 21.0. The van der Waals surface area contributed by atoms with Crippen molar-refractivity contribution in [3.63, 3.8) is 0 Å². The van der Waals surface area contributed by atoms with Crippen LogP contribution in [0.1, 0.15) is 5.56 Å². The number of aryl methyl sites for hydroxylation is 1. The Balaban J connectivity index is 1.60. The average molecular weight is 470 g/mol. The highest BCUT2D eigenvalue weighted by molar-refractivity contribution is 9.10. The Morgan fingerprint density at radius 3 is 2.63 bits per heavy atom. The number of rotatable bonds is 3. The summed E-state index contributed by atoms with van der Waals surface area (Å²) in [5, 5.41) is 5.48. The molecule has 0 saturated heterocycles. The predicted octanol–water partition coefficient (Wildman–Crippen LogP) is 5.24. The molecule has 0 amide bonds. The monoisotopic (exact) mass is 469 g/mol. The van der Waals surface area contributed by atoms with E-state index in [1.54, 1.807) is 23.9 Å². The van der Waals surface area contributed by atoms with Crippen LogP contribution in [0.4, 0.5) is 8.78 Å². The zero-order valence-electron chi connectivity index (χ0n) is 15.7. The standard InChI is InChI=1S/C22H14BrF2N3O2/c1-27-9-15-13(3-2-4-20(15)26-27)12-7-18(24)16(19(25)8-12)10-28-11-17(23)21-14(22(28)29)5-6-30-21/h2-9,11H,10H2,1H3. The maximum Gasteiger partial charge on any atom is 0.262 e. The van der Waals surface area contributed by atoms with Crippen LogP contribution in [0, 0.1) is 11.6 Å². The topological polar surface area (TPSA) is 53.0 Å². The van der Waals surface area contributed by atoms with Crippen LogP contribution in [0.3, 0.4) is 0 Å². The minimum absolute atomic E-state index is 0.186. The van der Waals surface area contributed by atoms with Gasteiger partial charge >= 0.3 is 0 Å². The number of hydrogen-bond acceptors (Lipinski definition) is 3. The van der Waals surface area contributed by atoms with Crippen LogP contribution in [-0.2, 0) is 13.6 Å². The Morgan fingerprint density at radius 1 is 1.10 bits per heavy atom. The smallest absolute Gasteiger partial charge is 0.262 e. The van der Waals surface area contributed by atoms with Crippen molar-refractivity contribution in [2.45, 2.75) is 6.54 Å². The van der Waals surface area contributed by atoms with Gasteiger partial charge in [-0.1, -0.05) is 12.1 Å². The number of benzene rings is 2. The number of fused-ring (bicyclic) bond motifs is 2. The van der Waals surface area contributed by atoms with Crippen LogP contribution >= 0.6 is 15.9 Å². The number of nitrogens with zero attached hydrogens (tertiary/aromatic N) is 3. The third kappa shape index (κ3) is 2.95. The van der Waals surface area contributed by atoms with E-state index in [1.807, 2.05) is 12.3 Å². The highest BCUT2D eigenvalue weighted by Gasteiger charge is 2.17. The summed E-state index contributed by atoms with van der Waals surface area (Å²) in [6, 6.07) is 9.55. The lowest BCUT2D eigenvalue weighted by Crippen LogP contribution is -2.21. The summed E-state index contributed by atoms with van der Waals surface area (Å²) in [5.41, 5.74) is 1.66. The van der Waals surface area contributed by atoms with Crippen molar-refractivity contribution in [2.24, 2.45) is 7.05 Å². The van der Waals surface area contributed by atoms with Gasteiger partial charge in [0.05, 0.1) is 28.2 Å². The number of hydrogen-bond donors (Lipinski definition) is 0. The zero-order valence-corrected chi connectivity index (χ0v) is 17.3. The van der Waals surface area contributed by atoms with Gasteiger partial charge in [-0.05, 0) is 51.3 Å². The highest BCUT2D eigenvalue weighted by atomic mass is 79.9. The third-order valence-electron chi connectivity index (χ3n) is 5.09. The Morgan fingerprint density at radius 2 is 1.87 bits per heavy atom. The van der Waals surface area contributed by atoms with Gasteiger partial charge < -0.3 is 8.98 Å². The van der Waals surface area contributed by atoms with E-state index in [2.05, 4.69) is 21.0 Å². The fourth-order valence-electron chi connectivity index (χ4n) is 3.68. The van der Waals surface area contributed by atoms with Crippen molar-refractivity contribution < 1.29 is 13.2 Å². The maximum absolute atomic E-state index is 15.0. The molecule has 5 rings (SSSR count). The van der Waals surface area contributed by atoms with Crippen LogP contribution < -0.4 is 5.56 Å². The molecule has 0 fully saturated rings. The average Bonchev–Trinajstić information content (AvgIpc) is 3.34. The first-order valence-electron chi connectivity index (χ1n) is 9.09. The van der Waals surface area contributed by atoms with Gasteiger partial charge in [0.2, 0.25) is 0 Å². The first kappa shape index (κ1) is 18.7. The quantitative estimate of drug-likeness (QED) is 0.363. The summed E-state index contributed by atoms with van der Waals surface area (Å²) >= 11 is 3.33. The van der Waals surface area contributed by atoms with E-state index in [-0.39, 0.29) is 17.7 Å². The summed E-state index contributed by atoms with van der Waals surface area (Å²) in [6.07, 6.45) is 4.68. The van der Waals surface area contributed by atoms with Gasteiger partial charge in [-0.3, -0.25) is 9.48 Å². The summed E-state index contributed by atoms with van der Waals surface area (Å²) in [6.45, 7) is -0.242. The summed E-state index contributed by atoms with van der Waals surface area (Å²) < 4.78 is 38.6. The van der Waals surface area contributed by atoms with Crippen LogP contribution in [0.5, 0.6) is 0 Å². The molecule has 0 atom stereocenters. The molecule has 5 aromatic rings. The van der Waals surface area contributed by atoms with Crippen molar-refractivity contribution in [3.8, 4) is 11.1 Å². The Bertz CT molecular complexity index is 1480. The summed E-state index contributed by atoms with van der Waals surface area (Å²) in [7, 11) is 1.79. The Hall–Kier alpha value is -3.26. The van der Waals surface area contributed by atoms with Gasteiger partial charge in [-0.15, -0.1) is 0 Å². The fraction of sp³-hybridized carbons (Fsp3) is 0.0909. The second-order valence-electron chi connectivity index (χ2n) is 7.03. The third-order valence-corrected chi connectivity index (χ3v) is 5.65. The molecule has 8 heteroatoms. The number of pyridine rings is 1. The molecule has 0 aliphatic carbocycles. The van der Waals surface area contributed by atoms with E-state index in [0.717, 1.165) is 10.9 Å². The predicted molar refractivity (Wildman–Crippen MR) is 113 cm³/mol. The van der Waals surface area contributed by atoms with E-state index >= 15 is 0 Å². The molecule has 30 heavy (non-hydrogen) atoms. The largest absolute Gasteiger partial charge is 0.463 e. The van der Waals surface area contributed by atoms with Crippen molar-refractivity contribution in [3.05, 3.63) is 87.1 Å². The molecule has 0 spiro atoms. The lowest BCUT2D eigenvalue weighted by molar-refractivity contribution is 0.542. The van der Waals surface area contributed by atoms with E-state index in [0.29, 0.717) is 26.6 Å². The van der Waals surface area contributed by atoms with E-state index < -0.39 is 11.6 Å². The molecular formula is C22H14BrF2N3O2. The van der Waals surface area contributed by atoms with Gasteiger partial charge in [0, 0.05) is 30.4 Å². The minimum Gasteiger partial charge on any atom is -0.463 e. The number of aromatic nitrogens is 3. The Labute approximate surface area is 177 Å². The van der Waals surface area contributed by atoms with Gasteiger partial charge in [0.15, 0.2) is 5.58 Å². The van der Waals surface area contributed by atoms with Crippen molar-refractivity contribution >= 4 is 37.8 Å². The molecule has 0 bridgehead atoms. The Kier molecular flexibility index (Phi) is 4.32. The van der Waals surface area contributed by atoms with Crippen molar-refractivity contribution in [2.75, 3.05) is 0 Å². The van der Waals surface area contributed by atoms with Crippen LogP contribution in [0.15, 0.2) is 68.7 Å². The number of furan rings is 1. The molecule has 0 saturated carbocycles. The highest BCUT2D eigenvalue weighted by Crippen LogP contribution is 2.31. The molecule has 5 nitrogen and oxygen atoms in total. The van der Waals surface area contributed by atoms with Crippen LogP contribution in [0.25, 0.3) is 33.0 Å². The SMILES string of the molecule is Cn1cc2c(-c3cc(F)c(Cn4cc(Br)c5occc5c4=O)c(F)c3)cccc2n1. The number of halogens is 3. The van der Waals surface area contributed by atoms with E-state index in [1.165, 1.54) is 35.2 Å². The molecule has 3 aromatic heterocycles. The van der Waals surface area contributed by atoms with Gasteiger partial charge in [-0.2, -0.15) is 5.10 Å². The first-order chi connectivity index (χ1) is 14.4. The molecule has 0 N–H and O–H groups in total. The lowest BCUT2D eigenvalue weighted by Gasteiger charge is -2.11. The van der Waals surface area contributed by atoms with Crippen molar-refractivity contribution in [1.29, 1.82) is 0 Å². The first-order valence-corrected chi connectivity index (χ1v) is 9.88. The van der Waals surface area contributed by atoms with E-state index in [9.17, 15) is 13.6 Å². The molecule has 2 aromatic carbocycles. The lowest BCUT2D eigenvalue weighted by atomic mass is 10.00. The van der Waals surface area contributed by atoms with Gasteiger partial charge in [0.25, 0.3) is 5.56 Å². The minimum atomic E-state index is -0.721. The molecule has 0 radical (unpaired) electrons.